The summed E-state index contributed by atoms with van der Waals surface area (Å²) in [7, 11) is 0. The fourth-order valence-corrected chi connectivity index (χ4v) is 2.97. The summed E-state index contributed by atoms with van der Waals surface area (Å²) >= 11 is 4.94. The first-order chi connectivity index (χ1) is 10.6. The maximum absolute atomic E-state index is 12.0. The van der Waals surface area contributed by atoms with Gasteiger partial charge >= 0.3 is 0 Å². The molecular formula is C18H20BrNOS. The van der Waals surface area contributed by atoms with Crippen molar-refractivity contribution in [2.24, 2.45) is 0 Å². The Balaban J connectivity index is 1.85. The van der Waals surface area contributed by atoms with Crippen LogP contribution in [0.2, 0.25) is 0 Å². The molecule has 0 aromatic heterocycles. The number of amides is 1. The predicted octanol–water partition coefficient (Wildman–Crippen LogP) is 5.69. The molecule has 2 aromatic carbocycles. The van der Waals surface area contributed by atoms with Crippen LogP contribution in [0.1, 0.15) is 31.7 Å². The number of halogens is 1. The van der Waals surface area contributed by atoms with Gasteiger partial charge in [-0.25, -0.2) is 0 Å². The molecule has 0 aliphatic heterocycles. The number of hydrogen-bond donors (Lipinski definition) is 1. The van der Waals surface area contributed by atoms with Crippen molar-refractivity contribution < 1.29 is 4.79 Å². The number of carbonyl (C=O) groups is 1. The van der Waals surface area contributed by atoms with E-state index in [-0.39, 0.29) is 5.91 Å². The average Bonchev–Trinajstić information content (AvgIpc) is 2.54. The number of hydrogen-bond acceptors (Lipinski definition) is 2. The zero-order chi connectivity index (χ0) is 15.9. The summed E-state index contributed by atoms with van der Waals surface area (Å²) in [6.45, 7) is 4.39. The van der Waals surface area contributed by atoms with E-state index < -0.39 is 0 Å². The number of benzene rings is 2. The second kappa shape index (κ2) is 8.39. The van der Waals surface area contributed by atoms with E-state index in [1.807, 2.05) is 36.4 Å². The highest BCUT2D eigenvalue weighted by Crippen LogP contribution is 2.22. The van der Waals surface area contributed by atoms with Crippen molar-refractivity contribution in [1.82, 2.24) is 0 Å². The van der Waals surface area contributed by atoms with Crippen molar-refractivity contribution in [3.05, 3.63) is 58.6 Å². The number of thioether (sulfide) groups is 1. The highest BCUT2D eigenvalue weighted by molar-refractivity contribution is 9.10. The molecule has 2 rings (SSSR count). The van der Waals surface area contributed by atoms with E-state index in [0.717, 1.165) is 21.5 Å². The second-order valence-corrected chi connectivity index (χ2v) is 7.19. The third-order valence-electron chi connectivity index (χ3n) is 3.56. The van der Waals surface area contributed by atoms with E-state index in [9.17, 15) is 4.79 Å². The van der Waals surface area contributed by atoms with Crippen molar-refractivity contribution in [3.63, 3.8) is 0 Å². The van der Waals surface area contributed by atoms with E-state index in [4.69, 9.17) is 0 Å². The third kappa shape index (κ3) is 5.18. The Kier molecular flexibility index (Phi) is 6.52. The standard InChI is InChI=1S/C18H20BrNOS/c1-3-13(2)14-4-8-16(9-5-14)20-18(21)12-22-17-10-6-15(19)7-11-17/h4-11,13H,3,12H2,1-2H3,(H,20,21)/t13-/m1/s1. The highest BCUT2D eigenvalue weighted by Gasteiger charge is 2.06. The lowest BCUT2D eigenvalue weighted by Gasteiger charge is -2.10. The zero-order valence-electron chi connectivity index (χ0n) is 12.8. The van der Waals surface area contributed by atoms with Gasteiger partial charge in [0.1, 0.15) is 0 Å². The molecule has 2 aromatic rings. The first-order valence-electron chi connectivity index (χ1n) is 7.36. The maximum Gasteiger partial charge on any atom is 0.234 e. The van der Waals surface area contributed by atoms with E-state index in [0.29, 0.717) is 11.7 Å². The summed E-state index contributed by atoms with van der Waals surface area (Å²) in [4.78, 5) is 13.1. The average molecular weight is 378 g/mol. The molecule has 0 heterocycles. The molecule has 0 radical (unpaired) electrons. The highest BCUT2D eigenvalue weighted by atomic mass is 79.9. The van der Waals surface area contributed by atoms with E-state index in [1.54, 1.807) is 0 Å². The van der Waals surface area contributed by atoms with Gasteiger partial charge in [0.15, 0.2) is 0 Å². The van der Waals surface area contributed by atoms with Gasteiger partial charge < -0.3 is 5.32 Å². The van der Waals surface area contributed by atoms with Crippen molar-refractivity contribution in [2.75, 3.05) is 11.1 Å². The van der Waals surface area contributed by atoms with Crippen LogP contribution in [0.25, 0.3) is 0 Å². The fraction of sp³-hybridized carbons (Fsp3) is 0.278. The van der Waals surface area contributed by atoms with Gasteiger partial charge in [-0.3, -0.25) is 4.79 Å². The van der Waals surface area contributed by atoms with Crippen LogP contribution in [0, 0.1) is 0 Å². The molecule has 0 aliphatic rings. The van der Waals surface area contributed by atoms with Gasteiger partial charge in [0, 0.05) is 15.1 Å². The smallest absolute Gasteiger partial charge is 0.234 e. The van der Waals surface area contributed by atoms with Crippen LogP contribution in [-0.2, 0) is 4.79 Å². The molecular weight excluding hydrogens is 358 g/mol. The maximum atomic E-state index is 12.0. The van der Waals surface area contributed by atoms with Gasteiger partial charge in [0.2, 0.25) is 5.91 Å². The minimum Gasteiger partial charge on any atom is -0.325 e. The number of carbonyl (C=O) groups excluding carboxylic acids is 1. The Morgan fingerprint density at radius 1 is 1.14 bits per heavy atom. The van der Waals surface area contributed by atoms with Crippen LogP contribution in [0.3, 0.4) is 0 Å². The molecule has 0 unspecified atom stereocenters. The van der Waals surface area contributed by atoms with Gasteiger partial charge in [-0.2, -0.15) is 0 Å². The molecule has 0 aliphatic carbocycles. The third-order valence-corrected chi connectivity index (χ3v) is 5.10. The van der Waals surface area contributed by atoms with Gasteiger partial charge in [0.25, 0.3) is 0 Å². The molecule has 0 saturated heterocycles. The monoisotopic (exact) mass is 377 g/mol. The summed E-state index contributed by atoms with van der Waals surface area (Å²) in [5, 5.41) is 2.94. The predicted molar refractivity (Wildman–Crippen MR) is 98.6 cm³/mol. The molecule has 0 saturated carbocycles. The molecule has 1 atom stereocenters. The number of rotatable bonds is 6. The van der Waals surface area contributed by atoms with Crippen LogP contribution in [0.4, 0.5) is 5.69 Å². The summed E-state index contributed by atoms with van der Waals surface area (Å²) in [6.07, 6.45) is 1.12. The van der Waals surface area contributed by atoms with E-state index in [1.165, 1.54) is 17.3 Å². The lowest BCUT2D eigenvalue weighted by molar-refractivity contribution is -0.113. The minimum atomic E-state index is 0.0178. The molecule has 22 heavy (non-hydrogen) atoms. The summed E-state index contributed by atoms with van der Waals surface area (Å²) in [5.74, 6) is 0.983. The van der Waals surface area contributed by atoms with Crippen LogP contribution < -0.4 is 5.32 Å². The van der Waals surface area contributed by atoms with Crippen LogP contribution in [0.15, 0.2) is 57.9 Å². The van der Waals surface area contributed by atoms with Crippen molar-refractivity contribution in [1.29, 1.82) is 0 Å². The Bertz CT molecular complexity index is 610. The Morgan fingerprint density at radius 3 is 2.36 bits per heavy atom. The minimum absolute atomic E-state index is 0.0178. The van der Waals surface area contributed by atoms with Crippen molar-refractivity contribution in [2.45, 2.75) is 31.1 Å². The van der Waals surface area contributed by atoms with Crippen molar-refractivity contribution in [3.8, 4) is 0 Å². The van der Waals surface area contributed by atoms with Gasteiger partial charge in [-0.05, 0) is 54.3 Å². The zero-order valence-corrected chi connectivity index (χ0v) is 15.2. The molecule has 0 bridgehead atoms. The SMILES string of the molecule is CC[C@@H](C)c1ccc(NC(=O)CSc2ccc(Br)cc2)cc1. The quantitative estimate of drug-likeness (QED) is 0.654. The Morgan fingerprint density at radius 2 is 1.77 bits per heavy atom. The molecule has 2 nitrogen and oxygen atoms in total. The lowest BCUT2D eigenvalue weighted by atomic mass is 9.99. The van der Waals surface area contributed by atoms with Gasteiger partial charge in [0.05, 0.1) is 5.75 Å². The summed E-state index contributed by atoms with van der Waals surface area (Å²) < 4.78 is 1.04. The number of anilines is 1. The Hall–Kier alpha value is -1.26. The van der Waals surface area contributed by atoms with E-state index in [2.05, 4.69) is 47.2 Å². The second-order valence-electron chi connectivity index (χ2n) is 5.22. The Labute approximate surface area is 144 Å². The normalized spacial score (nSPS) is 12.0. The topological polar surface area (TPSA) is 29.1 Å². The molecule has 0 spiro atoms. The lowest BCUT2D eigenvalue weighted by Crippen LogP contribution is -2.13. The summed E-state index contributed by atoms with van der Waals surface area (Å²) in [6, 6.07) is 16.1. The molecule has 4 heteroatoms. The largest absolute Gasteiger partial charge is 0.325 e. The number of nitrogens with one attached hydrogen (secondary N) is 1. The van der Waals surface area contributed by atoms with Crippen LogP contribution in [-0.4, -0.2) is 11.7 Å². The summed E-state index contributed by atoms with van der Waals surface area (Å²) in [5.41, 5.74) is 2.16. The molecule has 1 amide bonds. The van der Waals surface area contributed by atoms with Gasteiger partial charge in [-0.15, -0.1) is 11.8 Å². The van der Waals surface area contributed by atoms with E-state index >= 15 is 0 Å². The van der Waals surface area contributed by atoms with Crippen LogP contribution >= 0.6 is 27.7 Å². The molecule has 116 valence electrons. The first kappa shape index (κ1) is 17.1. The molecule has 0 fully saturated rings. The first-order valence-corrected chi connectivity index (χ1v) is 9.14. The van der Waals surface area contributed by atoms with Crippen molar-refractivity contribution >= 4 is 39.3 Å². The van der Waals surface area contributed by atoms with Crippen LogP contribution in [0.5, 0.6) is 0 Å². The fourth-order valence-electron chi connectivity index (χ4n) is 2.01. The molecule has 1 N–H and O–H groups in total. The van der Waals surface area contributed by atoms with Gasteiger partial charge in [-0.1, -0.05) is 41.9 Å².